The highest BCUT2D eigenvalue weighted by molar-refractivity contribution is 7.98. The molecule has 11 heteroatoms. The molecule has 6 rings (SSSR count). The molecule has 6 N–H and O–H groups in total. The molecule has 1 heterocycles. The van der Waals surface area contributed by atoms with Gasteiger partial charge in [-0.05, 0) is 122 Å². The van der Waals surface area contributed by atoms with E-state index >= 15 is 0 Å². The van der Waals surface area contributed by atoms with Gasteiger partial charge in [0.1, 0.15) is 11.6 Å². The third kappa shape index (κ3) is 18.1. The van der Waals surface area contributed by atoms with E-state index in [4.69, 9.17) is 14.6 Å². The quantitative estimate of drug-likeness (QED) is 0.0774. The molecular weight excluding hydrogens is 700 g/mol. The van der Waals surface area contributed by atoms with E-state index in [1.807, 2.05) is 83.6 Å². The summed E-state index contributed by atoms with van der Waals surface area (Å²) in [7, 11) is 9.42. The molecule has 0 spiro atoms. The summed E-state index contributed by atoms with van der Waals surface area (Å²) in [6, 6.07) is 38.6. The summed E-state index contributed by atoms with van der Waals surface area (Å²) in [5.74, 6) is 0.723. The molecular formula is C43H59FN6O3S. The van der Waals surface area contributed by atoms with E-state index in [2.05, 4.69) is 86.3 Å². The largest absolute Gasteiger partial charge is 0.494 e. The van der Waals surface area contributed by atoms with Crippen molar-refractivity contribution in [2.45, 2.75) is 18.4 Å². The van der Waals surface area contributed by atoms with Gasteiger partial charge >= 0.3 is 0 Å². The number of ether oxygens (including phenoxy) is 2. The first-order valence-electron chi connectivity index (χ1n) is 18.0. The van der Waals surface area contributed by atoms with E-state index in [0.29, 0.717) is 0 Å². The number of benzene rings is 5. The lowest BCUT2D eigenvalue weighted by atomic mass is 10.2. The van der Waals surface area contributed by atoms with Crippen molar-refractivity contribution in [3.8, 4) is 5.75 Å². The Morgan fingerprint density at radius 2 is 1.13 bits per heavy atom. The Balaban J connectivity index is 0.000000236. The molecule has 9 nitrogen and oxygen atoms in total. The lowest BCUT2D eigenvalue weighted by molar-refractivity contribution is 0.122. The molecule has 292 valence electrons. The van der Waals surface area contributed by atoms with Gasteiger partial charge < -0.3 is 46.1 Å². The predicted octanol–water partition coefficient (Wildman–Crippen LogP) is 9.23. The number of rotatable bonds is 10. The molecule has 0 atom stereocenters. The minimum atomic E-state index is -0.200. The predicted molar refractivity (Wildman–Crippen MR) is 232 cm³/mol. The monoisotopic (exact) mass is 758 g/mol. The molecule has 0 amide bonds. The normalized spacial score (nSPS) is 11.2. The number of nitrogens with one attached hydrogen (secondary N) is 5. The smallest absolute Gasteiger partial charge is 0.123 e. The lowest BCUT2D eigenvalue weighted by Gasteiger charge is -2.28. The van der Waals surface area contributed by atoms with Gasteiger partial charge in [-0.2, -0.15) is 0 Å². The van der Waals surface area contributed by atoms with Crippen molar-refractivity contribution in [3.05, 3.63) is 133 Å². The van der Waals surface area contributed by atoms with Crippen molar-refractivity contribution in [2.75, 3.05) is 106 Å². The molecule has 5 aromatic carbocycles. The lowest BCUT2D eigenvalue weighted by Crippen LogP contribution is -2.36. The standard InChI is InChI=1S/C11H16N2O.C9H13NO.C8H11NO.C8H11NS.C7H8FN/c1-12-10-2-4-11(5-3-10)13-6-8-14-9-7-13;1-3-11-9-6-4-8(10-2)5-7-9;1-9-8-4-2-3-7(5-8)6-10;1-9-7-4-3-5-8(6-7)10-2;1-9-7-4-2-6(8)3-5-7/h2-5,12H,6-9H2,1H3;4-7,10H,3H2,1-2H3;2-5,9-10H,6H2,1H3;3-6,9H,1-2H3;2-5,9H,1H3. The molecule has 0 radical (unpaired) electrons. The first kappa shape index (κ1) is 45.1. The zero-order chi connectivity index (χ0) is 39.4. The zero-order valence-electron chi connectivity index (χ0n) is 32.8. The van der Waals surface area contributed by atoms with Gasteiger partial charge in [0.2, 0.25) is 0 Å². The SMILES string of the molecule is CCOc1ccc(NC)cc1.CNc1ccc(F)cc1.CNc1ccc(N2CCOCC2)cc1.CNc1cccc(CO)c1.CNc1cccc(SC)c1. The summed E-state index contributed by atoms with van der Waals surface area (Å²) >= 11 is 1.76. The van der Waals surface area contributed by atoms with Gasteiger partial charge in [0.15, 0.2) is 0 Å². The highest BCUT2D eigenvalue weighted by Gasteiger charge is 2.10. The van der Waals surface area contributed by atoms with Crippen molar-refractivity contribution in [3.63, 3.8) is 0 Å². The van der Waals surface area contributed by atoms with Crippen LogP contribution in [-0.4, -0.2) is 79.5 Å². The Morgan fingerprint density at radius 1 is 0.648 bits per heavy atom. The van der Waals surface area contributed by atoms with Crippen molar-refractivity contribution < 1.29 is 19.0 Å². The van der Waals surface area contributed by atoms with E-state index in [1.165, 1.54) is 28.4 Å². The topological polar surface area (TPSA) is 102 Å². The minimum absolute atomic E-state index is 0.107. The van der Waals surface area contributed by atoms with Crippen molar-refractivity contribution >= 4 is 45.9 Å². The minimum Gasteiger partial charge on any atom is -0.494 e. The van der Waals surface area contributed by atoms with E-state index in [1.54, 1.807) is 30.9 Å². The van der Waals surface area contributed by atoms with Crippen LogP contribution >= 0.6 is 11.8 Å². The first-order chi connectivity index (χ1) is 26.3. The van der Waals surface area contributed by atoms with E-state index in [9.17, 15) is 4.39 Å². The number of aliphatic hydroxyl groups excluding tert-OH is 1. The number of halogens is 1. The second-order valence-corrected chi connectivity index (χ2v) is 12.3. The average Bonchev–Trinajstić information content (AvgIpc) is 3.25. The Morgan fingerprint density at radius 3 is 1.61 bits per heavy atom. The second-order valence-electron chi connectivity index (χ2n) is 11.5. The maximum atomic E-state index is 12.2. The number of hydrogen-bond acceptors (Lipinski definition) is 10. The molecule has 0 saturated carbocycles. The number of nitrogens with zero attached hydrogens (tertiary/aromatic N) is 1. The fraction of sp³-hybridized carbons (Fsp3) is 0.302. The summed E-state index contributed by atoms with van der Waals surface area (Å²) in [5.41, 5.74) is 7.62. The number of morpholine rings is 1. The van der Waals surface area contributed by atoms with Crippen LogP contribution in [0.3, 0.4) is 0 Å². The maximum Gasteiger partial charge on any atom is 0.123 e. The van der Waals surface area contributed by atoms with E-state index in [-0.39, 0.29) is 12.4 Å². The van der Waals surface area contributed by atoms with Crippen LogP contribution in [0.1, 0.15) is 12.5 Å². The fourth-order valence-electron chi connectivity index (χ4n) is 4.77. The van der Waals surface area contributed by atoms with Crippen LogP contribution in [0.5, 0.6) is 5.75 Å². The van der Waals surface area contributed by atoms with Gasteiger partial charge in [-0.3, -0.25) is 0 Å². The van der Waals surface area contributed by atoms with Gasteiger partial charge in [0.05, 0.1) is 26.4 Å². The van der Waals surface area contributed by atoms with Gasteiger partial charge in [-0.1, -0.05) is 18.2 Å². The molecule has 0 unspecified atom stereocenters. The molecule has 0 bridgehead atoms. The summed E-state index contributed by atoms with van der Waals surface area (Å²) in [6.45, 7) is 6.49. The summed E-state index contributed by atoms with van der Waals surface area (Å²) < 4.78 is 22.8. The Hall–Kier alpha value is -5.10. The van der Waals surface area contributed by atoms with Gasteiger partial charge in [0, 0.05) is 87.3 Å². The summed E-state index contributed by atoms with van der Waals surface area (Å²) in [4.78, 5) is 3.65. The molecule has 1 saturated heterocycles. The van der Waals surface area contributed by atoms with Crippen molar-refractivity contribution in [2.24, 2.45) is 0 Å². The zero-order valence-corrected chi connectivity index (χ0v) is 33.6. The van der Waals surface area contributed by atoms with Crippen LogP contribution < -0.4 is 36.2 Å². The maximum absolute atomic E-state index is 12.2. The van der Waals surface area contributed by atoms with Gasteiger partial charge in [-0.15, -0.1) is 11.8 Å². The number of anilines is 6. The number of thioether (sulfide) groups is 1. The second kappa shape index (κ2) is 27.5. The molecule has 0 aromatic heterocycles. The Labute approximate surface area is 326 Å². The van der Waals surface area contributed by atoms with Crippen molar-refractivity contribution in [1.82, 2.24) is 0 Å². The van der Waals surface area contributed by atoms with Gasteiger partial charge in [0.25, 0.3) is 0 Å². The highest BCUT2D eigenvalue weighted by Crippen LogP contribution is 2.19. The highest BCUT2D eigenvalue weighted by atomic mass is 32.2. The van der Waals surface area contributed by atoms with Crippen LogP contribution in [0.2, 0.25) is 0 Å². The first-order valence-corrected chi connectivity index (χ1v) is 19.2. The average molecular weight is 759 g/mol. The fourth-order valence-corrected chi connectivity index (χ4v) is 5.22. The van der Waals surface area contributed by atoms with E-state index < -0.39 is 0 Å². The van der Waals surface area contributed by atoms with Gasteiger partial charge in [-0.25, -0.2) is 4.39 Å². The number of aliphatic hydroxyl groups is 1. The Bertz CT molecular complexity index is 1590. The van der Waals surface area contributed by atoms with Crippen LogP contribution in [0, 0.1) is 5.82 Å². The molecule has 1 aliphatic rings. The van der Waals surface area contributed by atoms with Crippen LogP contribution in [0.25, 0.3) is 0 Å². The van der Waals surface area contributed by atoms with Crippen molar-refractivity contribution in [1.29, 1.82) is 0 Å². The number of hydrogen-bond donors (Lipinski definition) is 6. The molecule has 1 aliphatic heterocycles. The van der Waals surface area contributed by atoms with Crippen LogP contribution in [0.4, 0.5) is 38.5 Å². The van der Waals surface area contributed by atoms with Crippen LogP contribution in [0.15, 0.2) is 126 Å². The Kier molecular flexibility index (Phi) is 22.9. The summed E-state index contributed by atoms with van der Waals surface area (Å²) in [6.07, 6.45) is 2.08. The molecule has 1 fully saturated rings. The molecule has 5 aromatic rings. The molecule has 54 heavy (non-hydrogen) atoms. The molecule has 0 aliphatic carbocycles. The van der Waals surface area contributed by atoms with E-state index in [0.717, 1.165) is 67.0 Å². The summed E-state index contributed by atoms with van der Waals surface area (Å²) in [5, 5.41) is 23.9. The third-order valence-electron chi connectivity index (χ3n) is 7.88. The van der Waals surface area contributed by atoms with Crippen LogP contribution in [-0.2, 0) is 11.3 Å². The third-order valence-corrected chi connectivity index (χ3v) is 8.60.